The predicted octanol–water partition coefficient (Wildman–Crippen LogP) is 11.9. The van der Waals surface area contributed by atoms with Gasteiger partial charge in [-0.15, -0.1) is 0 Å². The maximum atomic E-state index is 13.1. The number of carbonyl (C=O) groups is 1. The third-order valence-electron chi connectivity index (χ3n) is 13.4. The topological polar surface area (TPSA) is 175 Å². The lowest BCUT2D eigenvalue weighted by Crippen LogP contribution is -2.46. The van der Waals surface area contributed by atoms with Crippen LogP contribution in [-0.4, -0.2) is 89.7 Å². The molecule has 13 nitrogen and oxygen atoms in total. The van der Waals surface area contributed by atoms with E-state index in [1.54, 1.807) is 56.4 Å². The lowest BCUT2D eigenvalue weighted by Gasteiger charge is -2.27. The SMILES string of the molecule is CC(C)(CO)NC(=O)c1cn(-c2ccc(-c3cccc(S(C)(=O)=O)c3)cc2)c(C(C)(C)c2ccccc2Cl)n1.CC1(C)COC(c2cn(-c3ccc(-c4cccc(S(C)(=O)=O)c4)cc3)c(C(C)(C)c3ccccc3Cl)n2)=N1. The average molecular weight is 1110 g/mol. The van der Waals surface area contributed by atoms with Gasteiger partial charge in [0.2, 0.25) is 5.90 Å². The molecule has 8 aromatic rings. The number of ether oxygens (including phenoxy) is 1. The van der Waals surface area contributed by atoms with Crippen LogP contribution in [0.15, 0.2) is 173 Å². The molecule has 1 amide bonds. The Labute approximate surface area is 461 Å². The highest BCUT2D eigenvalue weighted by Crippen LogP contribution is 2.39. The lowest BCUT2D eigenvalue weighted by atomic mass is 9.83. The zero-order valence-electron chi connectivity index (χ0n) is 44.6. The standard InChI is InChI=1S/C30H32ClN3O4S.C30H30ClN3O3S/c1-29(2,19-35)33-27(36)26-18-34(28(32-26)30(3,4)24-11-6-7-12-25(24)31)22-15-13-20(14-16-22)21-9-8-10-23(17-21)39(5,37)38;1-29(2)19-37-27(33-29)26-18-34(28(32-26)30(3,4)24-11-6-7-12-25(24)31)22-15-13-20(14-16-22)21-9-8-10-23(17-21)38(5,35)36/h6-18,35H,19H2,1-5H3,(H,33,36);6-18H,19H2,1-5H3. The van der Waals surface area contributed by atoms with Gasteiger partial charge in [-0.05, 0) is 149 Å². The number of sulfone groups is 2. The number of carbonyl (C=O) groups excluding carboxylic acids is 1. The molecule has 0 bridgehead atoms. The molecule has 400 valence electrons. The van der Waals surface area contributed by atoms with Gasteiger partial charge in [-0.25, -0.2) is 31.8 Å². The van der Waals surface area contributed by atoms with Crippen LogP contribution in [0.1, 0.15) is 94.3 Å². The van der Waals surface area contributed by atoms with Gasteiger partial charge in [-0.2, -0.15) is 0 Å². The molecule has 0 saturated carbocycles. The molecular formula is C60H62Cl2N6O7S2. The molecule has 2 N–H and O–H groups in total. The zero-order valence-corrected chi connectivity index (χ0v) is 47.8. The molecule has 0 unspecified atom stereocenters. The first kappa shape index (κ1) is 56.3. The summed E-state index contributed by atoms with van der Waals surface area (Å²) in [5, 5.41) is 13.7. The van der Waals surface area contributed by atoms with Crippen molar-refractivity contribution in [2.45, 2.75) is 87.1 Å². The van der Waals surface area contributed by atoms with Crippen molar-refractivity contribution in [2.75, 3.05) is 25.7 Å². The summed E-state index contributed by atoms with van der Waals surface area (Å²) in [6.45, 7) is 16.0. The van der Waals surface area contributed by atoms with Crippen LogP contribution in [0.5, 0.6) is 0 Å². The summed E-state index contributed by atoms with van der Waals surface area (Å²) >= 11 is 13.2. The number of aliphatic hydroxyl groups excluding tert-OH is 1. The molecule has 0 spiro atoms. The molecule has 1 aliphatic rings. The third-order valence-corrected chi connectivity index (χ3v) is 16.3. The van der Waals surface area contributed by atoms with E-state index in [-0.39, 0.29) is 22.7 Å². The van der Waals surface area contributed by atoms with Gasteiger partial charge >= 0.3 is 0 Å². The number of hydrogen-bond acceptors (Lipinski definition) is 10. The predicted molar refractivity (Wildman–Crippen MR) is 307 cm³/mol. The van der Waals surface area contributed by atoms with Gasteiger partial charge in [0.25, 0.3) is 5.91 Å². The zero-order chi connectivity index (χ0) is 55.9. The molecule has 17 heteroatoms. The van der Waals surface area contributed by atoms with Gasteiger partial charge in [0.05, 0.1) is 27.5 Å². The second-order valence-electron chi connectivity index (χ2n) is 21.6. The molecule has 1 aliphatic heterocycles. The molecule has 0 saturated heterocycles. The maximum Gasteiger partial charge on any atom is 0.271 e. The number of nitrogens with zero attached hydrogens (tertiary/aromatic N) is 5. The molecule has 6 aromatic carbocycles. The van der Waals surface area contributed by atoms with E-state index in [1.807, 2.05) is 152 Å². The number of halogens is 2. The van der Waals surface area contributed by atoms with Gasteiger partial charge in [-0.1, -0.05) is 108 Å². The first-order chi connectivity index (χ1) is 36.1. The van der Waals surface area contributed by atoms with Crippen molar-refractivity contribution in [3.8, 4) is 33.6 Å². The number of aromatic nitrogens is 4. The Balaban J connectivity index is 0.000000204. The van der Waals surface area contributed by atoms with Crippen molar-refractivity contribution >= 4 is 54.7 Å². The molecule has 2 aromatic heterocycles. The molecule has 0 radical (unpaired) electrons. The number of nitrogens with one attached hydrogen (secondary N) is 1. The number of rotatable bonds is 14. The minimum absolute atomic E-state index is 0.205. The maximum absolute atomic E-state index is 13.1. The Morgan fingerprint density at radius 3 is 1.48 bits per heavy atom. The summed E-state index contributed by atoms with van der Waals surface area (Å²) in [4.78, 5) is 28.2. The van der Waals surface area contributed by atoms with E-state index in [0.29, 0.717) is 39.0 Å². The van der Waals surface area contributed by atoms with E-state index >= 15 is 0 Å². The monoisotopic (exact) mass is 1110 g/mol. The fourth-order valence-corrected chi connectivity index (χ4v) is 11.1. The highest BCUT2D eigenvalue weighted by Gasteiger charge is 2.36. The Morgan fingerprint density at radius 1 is 0.623 bits per heavy atom. The van der Waals surface area contributed by atoms with E-state index in [4.69, 9.17) is 42.9 Å². The quantitative estimate of drug-likeness (QED) is 0.107. The molecule has 0 aliphatic carbocycles. The van der Waals surface area contributed by atoms with Gasteiger partial charge in [0.1, 0.15) is 29.6 Å². The van der Waals surface area contributed by atoms with Gasteiger partial charge < -0.3 is 24.3 Å². The first-order valence-corrected chi connectivity index (χ1v) is 29.3. The molecule has 0 atom stereocenters. The Bertz CT molecular complexity index is 3770. The summed E-state index contributed by atoms with van der Waals surface area (Å²) < 4.78 is 58.0. The first-order valence-electron chi connectivity index (χ1n) is 24.8. The van der Waals surface area contributed by atoms with E-state index in [2.05, 4.69) is 19.2 Å². The second-order valence-corrected chi connectivity index (χ2v) is 26.4. The van der Waals surface area contributed by atoms with Crippen molar-refractivity contribution in [3.63, 3.8) is 0 Å². The summed E-state index contributed by atoms with van der Waals surface area (Å²) in [6, 6.07) is 44.7. The smallest absolute Gasteiger partial charge is 0.271 e. The van der Waals surface area contributed by atoms with Crippen LogP contribution in [0, 0.1) is 0 Å². The van der Waals surface area contributed by atoms with E-state index in [0.717, 1.165) is 50.6 Å². The van der Waals surface area contributed by atoms with Crippen molar-refractivity contribution in [1.82, 2.24) is 24.4 Å². The average Bonchev–Trinajstić information content (AvgIpc) is 4.18. The van der Waals surface area contributed by atoms with Crippen LogP contribution in [0.4, 0.5) is 0 Å². The van der Waals surface area contributed by atoms with E-state index in [9.17, 15) is 26.7 Å². The number of aliphatic hydroxyl groups is 1. The Hall–Kier alpha value is -6.88. The normalized spacial score (nSPS) is 13.8. The molecular weight excluding hydrogens is 1050 g/mol. The van der Waals surface area contributed by atoms with Crippen LogP contribution < -0.4 is 5.32 Å². The minimum Gasteiger partial charge on any atom is -0.474 e. The van der Waals surface area contributed by atoms with Crippen molar-refractivity contribution in [3.05, 3.63) is 202 Å². The number of aliphatic imine (C=N–C) groups is 1. The minimum atomic E-state index is -3.33. The summed E-state index contributed by atoms with van der Waals surface area (Å²) in [5.41, 5.74) is 5.39. The fourth-order valence-electron chi connectivity index (χ4n) is 8.99. The molecule has 77 heavy (non-hydrogen) atoms. The summed E-state index contributed by atoms with van der Waals surface area (Å²) in [7, 11) is -6.63. The molecule has 3 heterocycles. The Kier molecular flexibility index (Phi) is 15.7. The summed E-state index contributed by atoms with van der Waals surface area (Å²) in [6.07, 6.45) is 6.03. The van der Waals surface area contributed by atoms with Gasteiger partial charge in [-0.3, -0.25) is 4.79 Å². The van der Waals surface area contributed by atoms with Crippen LogP contribution in [0.25, 0.3) is 33.6 Å². The fraction of sp³-hybridized carbons (Fsp3) is 0.267. The van der Waals surface area contributed by atoms with Crippen LogP contribution >= 0.6 is 23.2 Å². The Morgan fingerprint density at radius 2 is 1.06 bits per heavy atom. The number of amides is 1. The van der Waals surface area contributed by atoms with Crippen molar-refractivity contribution in [2.24, 2.45) is 4.99 Å². The molecule has 0 fully saturated rings. The van der Waals surface area contributed by atoms with Crippen LogP contribution in [0.3, 0.4) is 0 Å². The number of imidazole rings is 2. The lowest BCUT2D eigenvalue weighted by molar-refractivity contribution is 0.0864. The van der Waals surface area contributed by atoms with Crippen molar-refractivity contribution < 1.29 is 31.5 Å². The van der Waals surface area contributed by atoms with Crippen molar-refractivity contribution in [1.29, 1.82) is 0 Å². The van der Waals surface area contributed by atoms with E-state index < -0.39 is 42.0 Å². The van der Waals surface area contributed by atoms with E-state index in [1.165, 1.54) is 12.5 Å². The third kappa shape index (κ3) is 12.5. The number of benzene rings is 6. The highest BCUT2D eigenvalue weighted by atomic mass is 35.5. The largest absolute Gasteiger partial charge is 0.474 e. The summed E-state index contributed by atoms with van der Waals surface area (Å²) in [5.74, 6) is 1.52. The van der Waals surface area contributed by atoms with Crippen LogP contribution in [-0.2, 0) is 35.2 Å². The highest BCUT2D eigenvalue weighted by molar-refractivity contribution is 7.91. The molecule has 9 rings (SSSR count). The van der Waals surface area contributed by atoms with Crippen LogP contribution in [0.2, 0.25) is 10.0 Å². The number of hydrogen-bond donors (Lipinski definition) is 2. The second kappa shape index (κ2) is 21.5. The van der Waals surface area contributed by atoms with Gasteiger partial charge in [0, 0.05) is 57.2 Å². The van der Waals surface area contributed by atoms with Gasteiger partial charge in [0.15, 0.2) is 19.7 Å².